The van der Waals surface area contributed by atoms with Crippen LogP contribution in [0.5, 0.6) is 5.75 Å². The van der Waals surface area contributed by atoms with Crippen molar-refractivity contribution in [1.29, 1.82) is 0 Å². The molecule has 1 saturated heterocycles. The van der Waals surface area contributed by atoms with E-state index in [4.69, 9.17) is 4.74 Å². The van der Waals surface area contributed by atoms with Crippen LogP contribution >= 0.6 is 0 Å². The molecule has 0 unspecified atom stereocenters. The molecule has 1 N–H and O–H groups in total. The topological polar surface area (TPSA) is 75.7 Å². The molecule has 1 aromatic carbocycles. The smallest absolute Gasteiger partial charge is 0.260 e. The highest BCUT2D eigenvalue weighted by atomic mass is 32.2. The highest BCUT2D eigenvalue weighted by Gasteiger charge is 2.27. The first kappa shape index (κ1) is 18.7. The van der Waals surface area contributed by atoms with E-state index in [2.05, 4.69) is 4.72 Å². The number of benzene rings is 1. The van der Waals surface area contributed by atoms with Crippen LogP contribution in [0, 0.1) is 13.8 Å². The minimum atomic E-state index is -3.26. The highest BCUT2D eigenvalue weighted by molar-refractivity contribution is 7.88. The molecule has 0 spiro atoms. The number of aryl methyl sites for hydroxylation is 2. The van der Waals surface area contributed by atoms with Gasteiger partial charge < -0.3 is 9.64 Å². The normalized spacial score (nSPS) is 18.5. The van der Waals surface area contributed by atoms with Gasteiger partial charge in [-0.25, -0.2) is 13.1 Å². The summed E-state index contributed by atoms with van der Waals surface area (Å²) in [5.41, 5.74) is 2.07. The van der Waals surface area contributed by atoms with Gasteiger partial charge in [0.1, 0.15) is 5.75 Å². The van der Waals surface area contributed by atoms with Crippen molar-refractivity contribution in [2.45, 2.75) is 39.2 Å². The molecular weight excluding hydrogens is 328 g/mol. The molecule has 0 radical (unpaired) electrons. The third-order valence-corrected chi connectivity index (χ3v) is 4.91. The van der Waals surface area contributed by atoms with Crippen LogP contribution < -0.4 is 9.46 Å². The molecule has 0 aliphatic carbocycles. The number of hydrogen-bond donors (Lipinski definition) is 1. The van der Waals surface area contributed by atoms with Crippen molar-refractivity contribution in [1.82, 2.24) is 9.62 Å². The summed E-state index contributed by atoms with van der Waals surface area (Å²) in [5.74, 6) is 0.613. The van der Waals surface area contributed by atoms with Crippen LogP contribution in [0.15, 0.2) is 18.2 Å². The lowest BCUT2D eigenvalue weighted by Gasteiger charge is -2.35. The van der Waals surface area contributed by atoms with Crippen molar-refractivity contribution < 1.29 is 17.9 Å². The molecular formula is C17H26N2O4S. The van der Waals surface area contributed by atoms with Crippen LogP contribution in [-0.4, -0.2) is 51.2 Å². The average Bonchev–Trinajstić information content (AvgIpc) is 2.53. The Kier molecular flexibility index (Phi) is 6.23. The molecule has 1 amide bonds. The highest BCUT2D eigenvalue weighted by Crippen LogP contribution is 2.20. The fourth-order valence-corrected chi connectivity index (χ4v) is 3.37. The predicted molar refractivity (Wildman–Crippen MR) is 93.6 cm³/mol. The Balaban J connectivity index is 1.96. The first-order valence-corrected chi connectivity index (χ1v) is 10.1. The molecule has 1 aliphatic heterocycles. The Bertz CT molecular complexity index is 688. The zero-order valence-electron chi connectivity index (χ0n) is 14.5. The van der Waals surface area contributed by atoms with E-state index in [1.807, 2.05) is 32.0 Å². The number of nitrogens with zero attached hydrogens (tertiary/aromatic N) is 1. The standard InChI is InChI=1S/C17H26N2O4S/c1-13-7-8-14(2)16(10-13)23-12-17(20)19-9-5-4-6-15(19)11-18-24(3,21)22/h7-8,10,15,18H,4-6,9,11-12H2,1-3H3/t15-/m0/s1. The Labute approximate surface area is 144 Å². The summed E-state index contributed by atoms with van der Waals surface area (Å²) >= 11 is 0. The summed E-state index contributed by atoms with van der Waals surface area (Å²) in [7, 11) is -3.26. The third-order valence-electron chi connectivity index (χ3n) is 4.22. The van der Waals surface area contributed by atoms with Gasteiger partial charge in [0.25, 0.3) is 5.91 Å². The van der Waals surface area contributed by atoms with Gasteiger partial charge in [-0.05, 0) is 50.3 Å². The number of piperidine rings is 1. The summed E-state index contributed by atoms with van der Waals surface area (Å²) in [6.45, 7) is 4.80. The SMILES string of the molecule is Cc1ccc(C)c(OCC(=O)N2CCCC[C@H]2CNS(C)(=O)=O)c1. The average molecular weight is 354 g/mol. The molecule has 0 saturated carbocycles. The zero-order valence-corrected chi connectivity index (χ0v) is 15.4. The van der Waals surface area contributed by atoms with Gasteiger partial charge >= 0.3 is 0 Å². The quantitative estimate of drug-likeness (QED) is 0.842. The molecule has 1 aliphatic rings. The molecule has 2 rings (SSSR count). The molecule has 0 bridgehead atoms. The number of carbonyl (C=O) groups is 1. The van der Waals surface area contributed by atoms with Gasteiger partial charge in [0.2, 0.25) is 10.0 Å². The summed E-state index contributed by atoms with van der Waals surface area (Å²) < 4.78 is 30.8. The molecule has 1 atom stereocenters. The van der Waals surface area contributed by atoms with Crippen molar-refractivity contribution >= 4 is 15.9 Å². The van der Waals surface area contributed by atoms with E-state index in [1.54, 1.807) is 4.90 Å². The van der Waals surface area contributed by atoms with Crippen molar-refractivity contribution in [2.75, 3.05) is 26.0 Å². The van der Waals surface area contributed by atoms with Gasteiger partial charge in [0.15, 0.2) is 6.61 Å². The maximum atomic E-state index is 12.5. The number of amides is 1. The number of hydrogen-bond acceptors (Lipinski definition) is 4. The van der Waals surface area contributed by atoms with Crippen LogP contribution in [-0.2, 0) is 14.8 Å². The van der Waals surface area contributed by atoms with Crippen molar-refractivity contribution in [3.8, 4) is 5.75 Å². The van der Waals surface area contributed by atoms with E-state index < -0.39 is 10.0 Å². The lowest BCUT2D eigenvalue weighted by atomic mass is 10.0. The molecule has 0 aromatic heterocycles. The summed E-state index contributed by atoms with van der Waals surface area (Å²) in [4.78, 5) is 14.3. The van der Waals surface area contributed by atoms with E-state index in [9.17, 15) is 13.2 Å². The van der Waals surface area contributed by atoms with Crippen LogP contribution in [0.2, 0.25) is 0 Å². The maximum absolute atomic E-state index is 12.5. The molecule has 1 aromatic rings. The van der Waals surface area contributed by atoms with Gasteiger partial charge in [-0.1, -0.05) is 12.1 Å². The Hall–Kier alpha value is -1.60. The van der Waals surface area contributed by atoms with Crippen molar-refractivity contribution in [3.63, 3.8) is 0 Å². The molecule has 7 heteroatoms. The molecule has 6 nitrogen and oxygen atoms in total. The number of sulfonamides is 1. The van der Waals surface area contributed by atoms with Crippen molar-refractivity contribution in [3.05, 3.63) is 29.3 Å². The van der Waals surface area contributed by atoms with Crippen molar-refractivity contribution in [2.24, 2.45) is 0 Å². The van der Waals surface area contributed by atoms with E-state index in [-0.39, 0.29) is 25.1 Å². The predicted octanol–water partition coefficient (Wildman–Crippen LogP) is 1.61. The largest absolute Gasteiger partial charge is 0.483 e. The molecule has 1 fully saturated rings. The second kappa shape index (κ2) is 7.98. The third kappa shape index (κ3) is 5.49. The summed E-state index contributed by atoms with van der Waals surface area (Å²) in [6, 6.07) is 5.78. The summed E-state index contributed by atoms with van der Waals surface area (Å²) in [5, 5.41) is 0. The monoisotopic (exact) mass is 354 g/mol. The zero-order chi connectivity index (χ0) is 17.7. The minimum absolute atomic E-state index is 0.0281. The van der Waals surface area contributed by atoms with E-state index in [1.165, 1.54) is 0 Å². The summed E-state index contributed by atoms with van der Waals surface area (Å²) in [6.07, 6.45) is 3.87. The van der Waals surface area contributed by atoms with Gasteiger partial charge in [-0.2, -0.15) is 0 Å². The van der Waals surface area contributed by atoms with Gasteiger partial charge in [0, 0.05) is 19.1 Å². The molecule has 24 heavy (non-hydrogen) atoms. The van der Waals surface area contributed by atoms with E-state index in [0.717, 1.165) is 36.6 Å². The second-order valence-corrected chi connectivity index (χ2v) is 8.25. The number of nitrogens with one attached hydrogen (secondary N) is 1. The first-order valence-electron chi connectivity index (χ1n) is 8.20. The lowest BCUT2D eigenvalue weighted by molar-refractivity contribution is -0.136. The lowest BCUT2D eigenvalue weighted by Crippen LogP contribution is -2.50. The fraction of sp³-hybridized carbons (Fsp3) is 0.588. The Morgan fingerprint density at radius 2 is 2.08 bits per heavy atom. The van der Waals surface area contributed by atoms with Crippen LogP contribution in [0.25, 0.3) is 0 Å². The van der Waals surface area contributed by atoms with Crippen LogP contribution in [0.1, 0.15) is 30.4 Å². The Morgan fingerprint density at radius 1 is 1.33 bits per heavy atom. The number of ether oxygens (including phenoxy) is 1. The van der Waals surface area contributed by atoms with Gasteiger partial charge in [-0.15, -0.1) is 0 Å². The minimum Gasteiger partial charge on any atom is -0.483 e. The first-order chi connectivity index (χ1) is 11.3. The van der Waals surface area contributed by atoms with Crippen LogP contribution in [0.3, 0.4) is 0 Å². The fourth-order valence-electron chi connectivity index (χ4n) is 2.87. The number of rotatable bonds is 6. The van der Waals surface area contributed by atoms with Gasteiger partial charge in [-0.3, -0.25) is 4.79 Å². The Morgan fingerprint density at radius 3 is 2.79 bits per heavy atom. The van der Waals surface area contributed by atoms with E-state index in [0.29, 0.717) is 12.3 Å². The molecule has 1 heterocycles. The number of likely N-dealkylation sites (tertiary alicyclic amines) is 1. The number of carbonyl (C=O) groups excluding carboxylic acids is 1. The maximum Gasteiger partial charge on any atom is 0.260 e. The van der Waals surface area contributed by atoms with Crippen LogP contribution in [0.4, 0.5) is 0 Å². The van der Waals surface area contributed by atoms with E-state index >= 15 is 0 Å². The van der Waals surface area contributed by atoms with Gasteiger partial charge in [0.05, 0.1) is 6.26 Å². The second-order valence-electron chi connectivity index (χ2n) is 6.41. The molecule has 134 valence electrons.